The van der Waals surface area contributed by atoms with Crippen LogP contribution >= 0.6 is 7.82 Å². The van der Waals surface area contributed by atoms with E-state index < -0.39 is 44.1 Å². The molecule has 13 nitrogen and oxygen atoms in total. The molecule has 1 aromatic rings. The number of nitrogens with one attached hydrogen (secondary N) is 1. The van der Waals surface area contributed by atoms with E-state index >= 15 is 0 Å². The van der Waals surface area contributed by atoms with Crippen LogP contribution < -0.4 is 16.1 Å². The fourth-order valence-corrected chi connectivity index (χ4v) is 3.36. The van der Waals surface area contributed by atoms with E-state index in [4.69, 9.17) is 19.3 Å². The van der Waals surface area contributed by atoms with Gasteiger partial charge in [-0.1, -0.05) is 5.11 Å². The number of ether oxygens (including phenoxy) is 1. The molecule has 0 radical (unpaired) electrons. The third-order valence-electron chi connectivity index (χ3n) is 4.27. The van der Waals surface area contributed by atoms with E-state index in [0.29, 0.717) is 16.6 Å². The van der Waals surface area contributed by atoms with Crippen molar-refractivity contribution in [3.8, 4) is 0 Å². The molecule has 2 rings (SSSR count). The number of azide groups is 1. The Kier molecular flexibility index (Phi) is 7.41. The van der Waals surface area contributed by atoms with Crippen molar-refractivity contribution in [2.24, 2.45) is 5.11 Å². The highest BCUT2D eigenvalue weighted by atomic mass is 31.2. The van der Waals surface area contributed by atoms with Gasteiger partial charge in [-0.05, 0) is 12.5 Å². The second-order valence-electron chi connectivity index (χ2n) is 7.71. The summed E-state index contributed by atoms with van der Waals surface area (Å²) < 4.78 is 29.0. The van der Waals surface area contributed by atoms with E-state index in [0.717, 1.165) is 4.57 Å². The van der Waals surface area contributed by atoms with Gasteiger partial charge in [-0.3, -0.25) is 18.9 Å². The minimum Gasteiger partial charge on any atom is -0.756 e. The molecule has 162 valence electrons. The molecule has 1 N–H and O–H groups in total. The lowest BCUT2D eigenvalue weighted by Gasteiger charge is -2.28. The number of hydrogen-bond acceptors (Lipinski definition) is 8. The van der Waals surface area contributed by atoms with Gasteiger partial charge in [0.25, 0.3) is 13.4 Å². The van der Waals surface area contributed by atoms with Crippen LogP contribution in [-0.4, -0.2) is 67.1 Å². The van der Waals surface area contributed by atoms with Gasteiger partial charge < -0.3 is 23.2 Å². The Hall–Kier alpha value is -1.98. The van der Waals surface area contributed by atoms with Gasteiger partial charge in [0.2, 0.25) is 0 Å². The predicted octanol–water partition coefficient (Wildman–Crippen LogP) is 0.0192. The highest BCUT2D eigenvalue weighted by Crippen LogP contribution is 2.40. The Balaban J connectivity index is 2.05. The minimum atomic E-state index is -4.58. The third-order valence-corrected chi connectivity index (χ3v) is 5.23. The summed E-state index contributed by atoms with van der Waals surface area (Å²) in [5, 5.41) is 3.60. The fourth-order valence-electron chi connectivity index (χ4n) is 2.65. The molecule has 0 aromatic carbocycles. The van der Waals surface area contributed by atoms with Crippen molar-refractivity contribution < 1.29 is 27.7 Å². The monoisotopic (exact) mass is 432 g/mol. The van der Waals surface area contributed by atoms with E-state index in [9.17, 15) is 19.0 Å². The van der Waals surface area contributed by atoms with Gasteiger partial charge in [0.15, 0.2) is 0 Å². The predicted molar refractivity (Wildman–Crippen MR) is 99.9 cm³/mol. The zero-order chi connectivity index (χ0) is 21.8. The molecule has 1 fully saturated rings. The normalized spacial score (nSPS) is 24.1. The van der Waals surface area contributed by atoms with Gasteiger partial charge in [-0.2, -0.15) is 0 Å². The SMILES string of the molecule is Cc1cn([C@H]2C[C@H](N=[N+]=[N-])[C@@H](COP(=O)([O-])OCC[N+](C)(C)C)O2)c(=O)[nH]c1=O. The number of phosphoric ester groups is 1. The lowest BCUT2D eigenvalue weighted by atomic mass is 10.1. The average Bonchev–Trinajstić information content (AvgIpc) is 2.98. The van der Waals surface area contributed by atoms with E-state index in [1.807, 2.05) is 21.1 Å². The topological polar surface area (TPSA) is 171 Å². The van der Waals surface area contributed by atoms with Gasteiger partial charge in [0, 0.05) is 23.1 Å². The number of rotatable bonds is 9. The summed E-state index contributed by atoms with van der Waals surface area (Å²) in [4.78, 5) is 40.4. The Morgan fingerprint density at radius 2 is 2.14 bits per heavy atom. The van der Waals surface area contributed by atoms with Crippen molar-refractivity contribution in [2.75, 3.05) is 40.9 Å². The molecule has 29 heavy (non-hydrogen) atoms. The number of aromatic nitrogens is 2. The Morgan fingerprint density at radius 3 is 2.76 bits per heavy atom. The summed E-state index contributed by atoms with van der Waals surface area (Å²) >= 11 is 0. The van der Waals surface area contributed by atoms with Crippen LogP contribution in [0.2, 0.25) is 0 Å². The highest BCUT2D eigenvalue weighted by molar-refractivity contribution is 7.45. The number of hydrogen-bond donors (Lipinski definition) is 1. The first kappa shape index (κ1) is 23.3. The number of H-pyrrole nitrogens is 1. The number of quaternary nitrogens is 1. The van der Waals surface area contributed by atoms with Crippen LogP contribution in [0.4, 0.5) is 0 Å². The summed E-state index contributed by atoms with van der Waals surface area (Å²) in [5.74, 6) is 0. The van der Waals surface area contributed by atoms with Gasteiger partial charge in [-0.15, -0.1) is 0 Å². The molecule has 1 saturated heterocycles. The third kappa shape index (κ3) is 6.79. The molecule has 1 aliphatic heterocycles. The van der Waals surface area contributed by atoms with Crippen LogP contribution in [-0.2, 0) is 18.3 Å². The molecule has 0 saturated carbocycles. The maximum Gasteiger partial charge on any atom is 0.330 e. The fraction of sp³-hybridized carbons (Fsp3) is 0.733. The number of phosphoric acid groups is 1. The second-order valence-corrected chi connectivity index (χ2v) is 9.12. The summed E-state index contributed by atoms with van der Waals surface area (Å²) in [6.45, 7) is 1.48. The smallest absolute Gasteiger partial charge is 0.330 e. The van der Waals surface area contributed by atoms with Crippen LogP contribution in [0.1, 0.15) is 18.2 Å². The zero-order valence-corrected chi connectivity index (χ0v) is 17.6. The second kappa shape index (κ2) is 9.23. The maximum absolute atomic E-state index is 12.0. The highest BCUT2D eigenvalue weighted by Gasteiger charge is 2.37. The van der Waals surface area contributed by atoms with Gasteiger partial charge in [0.1, 0.15) is 19.4 Å². The lowest BCUT2D eigenvalue weighted by molar-refractivity contribution is -0.870. The Bertz CT molecular complexity index is 932. The Labute approximate surface area is 166 Å². The zero-order valence-electron chi connectivity index (χ0n) is 16.7. The number of aromatic amines is 1. The first-order chi connectivity index (χ1) is 13.4. The molecule has 1 unspecified atom stereocenters. The molecular formula is C15H25N6O7P. The lowest BCUT2D eigenvalue weighted by Crippen LogP contribution is -2.37. The first-order valence-electron chi connectivity index (χ1n) is 8.84. The molecule has 4 atom stereocenters. The molecular weight excluding hydrogens is 407 g/mol. The standard InChI is InChI=1S/C15H25N6O7P/c1-10-8-20(15(23)17-14(10)22)13-7-11(18-19-16)12(28-13)9-27-29(24,25)26-6-5-21(2,3)4/h8,11-13H,5-7,9H2,1-4H3,(H-,17,22,23,24,25)/t11-,12+,13+/m0/s1. The molecule has 14 heteroatoms. The van der Waals surface area contributed by atoms with Crippen molar-refractivity contribution in [2.45, 2.75) is 31.7 Å². The summed E-state index contributed by atoms with van der Waals surface area (Å²) in [5.41, 5.74) is 7.84. The molecule has 1 aliphatic rings. The van der Waals surface area contributed by atoms with Crippen LogP contribution in [0, 0.1) is 6.92 Å². The average molecular weight is 432 g/mol. The number of aryl methyl sites for hydroxylation is 1. The van der Waals surface area contributed by atoms with Crippen LogP contribution in [0.25, 0.3) is 10.4 Å². The molecule has 0 aliphatic carbocycles. The number of likely N-dealkylation sites (N-methyl/N-ethyl adjacent to an activating group) is 1. The summed E-state index contributed by atoms with van der Waals surface area (Å²) in [6, 6.07) is -0.768. The van der Waals surface area contributed by atoms with Crippen molar-refractivity contribution in [3.05, 3.63) is 43.0 Å². The summed E-state index contributed by atoms with van der Waals surface area (Å²) in [7, 11) is 1.08. The van der Waals surface area contributed by atoms with Crippen molar-refractivity contribution in [3.63, 3.8) is 0 Å². The maximum atomic E-state index is 12.0. The van der Waals surface area contributed by atoms with Crippen LogP contribution in [0.15, 0.2) is 20.9 Å². The van der Waals surface area contributed by atoms with E-state index in [-0.39, 0.29) is 13.0 Å². The summed E-state index contributed by atoms with van der Waals surface area (Å²) in [6.07, 6.45) is -0.338. The molecule has 1 aromatic heterocycles. The van der Waals surface area contributed by atoms with E-state index in [2.05, 4.69) is 15.0 Å². The van der Waals surface area contributed by atoms with Crippen molar-refractivity contribution >= 4 is 7.82 Å². The van der Waals surface area contributed by atoms with Crippen LogP contribution in [0.5, 0.6) is 0 Å². The minimum absolute atomic E-state index is 0.0513. The van der Waals surface area contributed by atoms with Gasteiger partial charge >= 0.3 is 5.69 Å². The van der Waals surface area contributed by atoms with E-state index in [1.54, 1.807) is 0 Å². The van der Waals surface area contributed by atoms with Gasteiger partial charge in [-0.25, -0.2) is 4.79 Å². The van der Waals surface area contributed by atoms with E-state index in [1.165, 1.54) is 13.1 Å². The molecule has 2 heterocycles. The van der Waals surface area contributed by atoms with Crippen LogP contribution in [0.3, 0.4) is 0 Å². The quantitative estimate of drug-likeness (QED) is 0.188. The van der Waals surface area contributed by atoms with Crippen molar-refractivity contribution in [1.29, 1.82) is 0 Å². The molecule has 0 amide bonds. The largest absolute Gasteiger partial charge is 0.756 e. The number of nitrogens with zero attached hydrogens (tertiary/aromatic N) is 5. The molecule has 0 spiro atoms. The van der Waals surface area contributed by atoms with Gasteiger partial charge in [0.05, 0.1) is 39.9 Å². The Morgan fingerprint density at radius 1 is 1.45 bits per heavy atom. The molecule has 0 bridgehead atoms. The van der Waals surface area contributed by atoms with Crippen molar-refractivity contribution in [1.82, 2.24) is 9.55 Å². The first-order valence-corrected chi connectivity index (χ1v) is 10.3.